The highest BCUT2D eigenvalue weighted by Crippen LogP contribution is 2.27. The minimum Gasteiger partial charge on any atom is -0.481 e. The lowest BCUT2D eigenvalue weighted by atomic mass is 9.99. The van der Waals surface area contributed by atoms with E-state index < -0.39 is 6.10 Å². The first-order chi connectivity index (χ1) is 10.3. The molecule has 0 saturated heterocycles. The van der Waals surface area contributed by atoms with Gasteiger partial charge in [0.25, 0.3) is 0 Å². The van der Waals surface area contributed by atoms with Gasteiger partial charge in [0.1, 0.15) is 0 Å². The molecule has 0 amide bonds. The first-order valence-electron chi connectivity index (χ1n) is 6.79. The topological polar surface area (TPSA) is 55.2 Å². The number of aromatic nitrogens is 2. The maximum atomic E-state index is 10.5. The van der Waals surface area contributed by atoms with Crippen molar-refractivity contribution in [1.29, 1.82) is 0 Å². The maximum Gasteiger partial charge on any atom is 0.218 e. The van der Waals surface area contributed by atoms with Crippen LogP contribution in [0.25, 0.3) is 10.9 Å². The molecule has 2 aromatic heterocycles. The van der Waals surface area contributed by atoms with Gasteiger partial charge in [-0.1, -0.05) is 18.2 Å². The Labute approximate surface area is 123 Å². The molecule has 0 fully saturated rings. The van der Waals surface area contributed by atoms with Gasteiger partial charge >= 0.3 is 0 Å². The number of rotatable bonds is 4. The molecule has 1 aromatic carbocycles. The summed E-state index contributed by atoms with van der Waals surface area (Å²) >= 11 is 0. The number of benzene rings is 1. The molecule has 21 heavy (non-hydrogen) atoms. The van der Waals surface area contributed by atoms with E-state index in [4.69, 9.17) is 4.74 Å². The number of aliphatic hydroxyl groups excluding tert-OH is 1. The van der Waals surface area contributed by atoms with Gasteiger partial charge in [-0.15, -0.1) is 0 Å². The molecule has 0 aliphatic rings. The summed E-state index contributed by atoms with van der Waals surface area (Å²) in [6.45, 7) is 0. The zero-order valence-electron chi connectivity index (χ0n) is 11.7. The van der Waals surface area contributed by atoms with Crippen LogP contribution in [0.2, 0.25) is 0 Å². The monoisotopic (exact) mass is 280 g/mol. The lowest BCUT2D eigenvalue weighted by molar-refractivity contribution is 0.173. The summed E-state index contributed by atoms with van der Waals surface area (Å²) < 4.78 is 5.21. The number of aliphatic hydroxyl groups is 1. The second kappa shape index (κ2) is 5.89. The second-order valence-corrected chi connectivity index (χ2v) is 4.81. The van der Waals surface area contributed by atoms with Crippen LogP contribution in [-0.2, 0) is 6.42 Å². The van der Waals surface area contributed by atoms with Crippen LogP contribution in [0.3, 0.4) is 0 Å². The highest BCUT2D eigenvalue weighted by atomic mass is 16.5. The molecular formula is C17H16N2O2. The average Bonchev–Trinajstić information content (AvgIpc) is 2.55. The van der Waals surface area contributed by atoms with E-state index in [1.54, 1.807) is 25.6 Å². The third kappa shape index (κ3) is 2.71. The van der Waals surface area contributed by atoms with Gasteiger partial charge < -0.3 is 9.84 Å². The van der Waals surface area contributed by atoms with Gasteiger partial charge in [0, 0.05) is 29.8 Å². The van der Waals surface area contributed by atoms with Crippen molar-refractivity contribution >= 4 is 10.9 Å². The number of methoxy groups -OCH3 is 1. The van der Waals surface area contributed by atoms with E-state index in [2.05, 4.69) is 9.97 Å². The van der Waals surface area contributed by atoms with Gasteiger partial charge in [-0.05, 0) is 29.8 Å². The van der Waals surface area contributed by atoms with Gasteiger partial charge in [0.05, 0.1) is 18.7 Å². The summed E-state index contributed by atoms with van der Waals surface area (Å²) in [6.07, 6.45) is 3.24. The average molecular weight is 280 g/mol. The fourth-order valence-electron chi connectivity index (χ4n) is 2.48. The molecule has 106 valence electrons. The van der Waals surface area contributed by atoms with Crippen LogP contribution in [0.5, 0.6) is 5.88 Å². The number of nitrogens with zero attached hydrogens (tertiary/aromatic N) is 2. The largest absolute Gasteiger partial charge is 0.481 e. The molecule has 1 unspecified atom stereocenters. The summed E-state index contributed by atoms with van der Waals surface area (Å²) in [7, 11) is 1.56. The summed E-state index contributed by atoms with van der Waals surface area (Å²) in [5, 5.41) is 11.6. The highest BCUT2D eigenvalue weighted by Gasteiger charge is 2.15. The Kier molecular flexibility index (Phi) is 3.79. The molecule has 0 saturated carbocycles. The predicted molar refractivity (Wildman–Crippen MR) is 81.2 cm³/mol. The zero-order valence-corrected chi connectivity index (χ0v) is 11.7. The van der Waals surface area contributed by atoms with Crippen molar-refractivity contribution in [2.24, 2.45) is 0 Å². The fraction of sp³-hybridized carbons (Fsp3) is 0.176. The van der Waals surface area contributed by atoms with Crippen molar-refractivity contribution in [1.82, 2.24) is 9.97 Å². The van der Waals surface area contributed by atoms with Crippen molar-refractivity contribution in [3.63, 3.8) is 0 Å². The third-order valence-corrected chi connectivity index (χ3v) is 3.51. The number of fused-ring (bicyclic) bond motifs is 1. The molecule has 4 heteroatoms. The smallest absolute Gasteiger partial charge is 0.218 e. The van der Waals surface area contributed by atoms with Crippen molar-refractivity contribution in [2.75, 3.05) is 7.11 Å². The normalized spacial score (nSPS) is 12.3. The number of pyridine rings is 2. The van der Waals surface area contributed by atoms with Crippen LogP contribution in [0, 0.1) is 0 Å². The Balaban J connectivity index is 1.95. The van der Waals surface area contributed by atoms with Crippen molar-refractivity contribution in [3.8, 4) is 5.88 Å². The van der Waals surface area contributed by atoms with E-state index in [0.717, 1.165) is 16.5 Å². The number of hydrogen-bond acceptors (Lipinski definition) is 4. The molecule has 4 nitrogen and oxygen atoms in total. The molecule has 2 heterocycles. The summed E-state index contributed by atoms with van der Waals surface area (Å²) in [5.74, 6) is 0.461. The molecular weight excluding hydrogens is 264 g/mol. The standard InChI is InChI=1S/C17H16N2O2/c1-21-17-14(6-4-9-19-17)16(20)11-12-8-10-18-15-7-3-2-5-13(12)15/h2-10,16,20H,11H2,1H3. The van der Waals surface area contributed by atoms with Crippen molar-refractivity contribution < 1.29 is 9.84 Å². The summed E-state index contributed by atoms with van der Waals surface area (Å²) in [6, 6.07) is 13.5. The van der Waals surface area contributed by atoms with Gasteiger partial charge in [0.15, 0.2) is 0 Å². The van der Waals surface area contributed by atoms with Crippen LogP contribution in [-0.4, -0.2) is 22.2 Å². The van der Waals surface area contributed by atoms with E-state index in [-0.39, 0.29) is 0 Å². The van der Waals surface area contributed by atoms with E-state index in [9.17, 15) is 5.11 Å². The summed E-state index contributed by atoms with van der Waals surface area (Å²) in [5.41, 5.74) is 2.68. The van der Waals surface area contributed by atoms with E-state index in [0.29, 0.717) is 17.9 Å². The Hall–Kier alpha value is -2.46. The Morgan fingerprint density at radius 2 is 1.90 bits per heavy atom. The molecule has 3 rings (SSSR count). The number of ether oxygens (including phenoxy) is 1. The van der Waals surface area contributed by atoms with Crippen LogP contribution >= 0.6 is 0 Å². The quantitative estimate of drug-likeness (QED) is 0.798. The molecule has 1 atom stereocenters. The zero-order chi connectivity index (χ0) is 14.7. The SMILES string of the molecule is COc1ncccc1C(O)Cc1ccnc2ccccc12. The minimum atomic E-state index is -0.667. The maximum absolute atomic E-state index is 10.5. The third-order valence-electron chi connectivity index (χ3n) is 3.51. The van der Waals surface area contributed by atoms with Crippen LogP contribution in [0.4, 0.5) is 0 Å². The van der Waals surface area contributed by atoms with Crippen LogP contribution < -0.4 is 4.74 Å². The van der Waals surface area contributed by atoms with Crippen LogP contribution in [0.1, 0.15) is 17.2 Å². The fourth-order valence-corrected chi connectivity index (χ4v) is 2.48. The molecule has 0 aliphatic carbocycles. The van der Waals surface area contributed by atoms with E-state index in [1.807, 2.05) is 36.4 Å². The first-order valence-corrected chi connectivity index (χ1v) is 6.79. The van der Waals surface area contributed by atoms with Gasteiger partial charge in [-0.2, -0.15) is 0 Å². The molecule has 0 bridgehead atoms. The second-order valence-electron chi connectivity index (χ2n) is 4.81. The first kappa shape index (κ1) is 13.5. The molecule has 0 spiro atoms. The van der Waals surface area contributed by atoms with Crippen LogP contribution in [0.15, 0.2) is 54.9 Å². The minimum absolute atomic E-state index is 0.461. The predicted octanol–water partition coefficient (Wildman–Crippen LogP) is 2.91. The van der Waals surface area contributed by atoms with E-state index >= 15 is 0 Å². The molecule has 0 radical (unpaired) electrons. The van der Waals surface area contributed by atoms with Gasteiger partial charge in [-0.25, -0.2) is 4.98 Å². The molecule has 1 N–H and O–H groups in total. The Morgan fingerprint density at radius 3 is 2.76 bits per heavy atom. The van der Waals surface area contributed by atoms with E-state index in [1.165, 1.54) is 0 Å². The van der Waals surface area contributed by atoms with Crippen molar-refractivity contribution in [3.05, 3.63) is 66.0 Å². The Bertz CT molecular complexity index is 753. The lowest BCUT2D eigenvalue weighted by Crippen LogP contribution is -2.05. The van der Waals surface area contributed by atoms with Crippen molar-refractivity contribution in [2.45, 2.75) is 12.5 Å². The number of hydrogen-bond donors (Lipinski definition) is 1. The van der Waals surface area contributed by atoms with Gasteiger partial charge in [-0.3, -0.25) is 4.98 Å². The molecule has 3 aromatic rings. The molecule has 0 aliphatic heterocycles. The lowest BCUT2D eigenvalue weighted by Gasteiger charge is -2.14. The summed E-state index contributed by atoms with van der Waals surface area (Å²) in [4.78, 5) is 8.46. The number of para-hydroxylation sites is 1. The Morgan fingerprint density at radius 1 is 1.05 bits per heavy atom. The van der Waals surface area contributed by atoms with Gasteiger partial charge in [0.2, 0.25) is 5.88 Å². The highest BCUT2D eigenvalue weighted by molar-refractivity contribution is 5.81.